The first kappa shape index (κ1) is 12.0. The fourth-order valence-electron chi connectivity index (χ4n) is 1.78. The molecule has 3 heteroatoms. The Hall–Kier alpha value is -1.48. The minimum absolute atomic E-state index is 0.772. The average molecular weight is 291 g/mol. The van der Waals surface area contributed by atoms with Crippen molar-refractivity contribution in [3.63, 3.8) is 0 Å². The van der Waals surface area contributed by atoms with Crippen LogP contribution in [0.15, 0.2) is 53.0 Å². The topological polar surface area (TPSA) is 29.3 Å². The third kappa shape index (κ3) is 3.01. The Kier molecular flexibility index (Phi) is 3.69. The molecular formula is C14H15BrN2. The summed E-state index contributed by atoms with van der Waals surface area (Å²) in [5, 5.41) is 0. The lowest BCUT2D eigenvalue weighted by molar-refractivity contribution is 0.920. The lowest BCUT2D eigenvalue weighted by atomic mass is 10.2. The molecule has 2 N–H and O–H groups in total. The molecule has 88 valence electrons. The number of nitrogens with zero attached hydrogens (tertiary/aromatic N) is 1. The minimum Gasteiger partial charge on any atom is -0.399 e. The third-order valence-corrected chi connectivity index (χ3v) is 3.28. The van der Waals surface area contributed by atoms with Crippen molar-refractivity contribution in [3.8, 4) is 0 Å². The second kappa shape index (κ2) is 5.23. The van der Waals surface area contributed by atoms with E-state index in [0.717, 1.165) is 22.4 Å². The maximum Gasteiger partial charge on any atom is 0.0512 e. The van der Waals surface area contributed by atoms with Gasteiger partial charge in [0.05, 0.1) is 5.69 Å². The zero-order valence-electron chi connectivity index (χ0n) is 9.73. The van der Waals surface area contributed by atoms with Gasteiger partial charge in [0.25, 0.3) is 0 Å². The molecule has 0 fully saturated rings. The van der Waals surface area contributed by atoms with E-state index < -0.39 is 0 Å². The van der Waals surface area contributed by atoms with Crippen molar-refractivity contribution in [1.82, 2.24) is 0 Å². The molecule has 2 nitrogen and oxygen atoms in total. The van der Waals surface area contributed by atoms with Gasteiger partial charge in [-0.05, 0) is 39.7 Å². The van der Waals surface area contributed by atoms with Gasteiger partial charge in [-0.25, -0.2) is 0 Å². The Morgan fingerprint density at radius 1 is 1.12 bits per heavy atom. The number of rotatable bonds is 3. The molecule has 0 saturated heterocycles. The van der Waals surface area contributed by atoms with Gasteiger partial charge < -0.3 is 10.6 Å². The Balaban J connectivity index is 2.17. The standard InChI is InChI=1S/C14H15BrN2/c1-17(10-11-5-3-2-4-6-11)14-8-7-12(16)9-13(14)15/h2-9H,10,16H2,1H3. The number of nitrogen functional groups attached to an aromatic ring is 1. The lowest BCUT2D eigenvalue weighted by Crippen LogP contribution is -2.16. The molecule has 0 heterocycles. The van der Waals surface area contributed by atoms with E-state index >= 15 is 0 Å². The normalized spacial score (nSPS) is 10.2. The van der Waals surface area contributed by atoms with E-state index in [1.165, 1.54) is 5.56 Å². The number of anilines is 2. The Bertz CT molecular complexity index is 497. The van der Waals surface area contributed by atoms with Crippen LogP contribution in [0.5, 0.6) is 0 Å². The number of benzene rings is 2. The van der Waals surface area contributed by atoms with Crippen molar-refractivity contribution in [1.29, 1.82) is 0 Å². The average Bonchev–Trinajstić information content (AvgIpc) is 2.30. The quantitative estimate of drug-likeness (QED) is 0.874. The maximum absolute atomic E-state index is 5.73. The molecule has 2 rings (SSSR count). The van der Waals surface area contributed by atoms with Crippen molar-refractivity contribution in [2.75, 3.05) is 17.7 Å². The Morgan fingerprint density at radius 2 is 1.82 bits per heavy atom. The van der Waals surface area contributed by atoms with Crippen molar-refractivity contribution in [3.05, 3.63) is 58.6 Å². The molecule has 2 aromatic carbocycles. The summed E-state index contributed by atoms with van der Waals surface area (Å²) in [6, 6.07) is 16.3. The zero-order chi connectivity index (χ0) is 12.3. The first-order chi connectivity index (χ1) is 8.16. The van der Waals surface area contributed by atoms with Gasteiger partial charge in [-0.1, -0.05) is 30.3 Å². The second-order valence-electron chi connectivity index (χ2n) is 4.05. The number of hydrogen-bond acceptors (Lipinski definition) is 2. The summed E-state index contributed by atoms with van der Waals surface area (Å²) in [5.74, 6) is 0. The molecule has 0 radical (unpaired) electrons. The van der Waals surface area contributed by atoms with Crippen LogP contribution in [-0.2, 0) is 6.54 Å². The van der Waals surface area contributed by atoms with Crippen molar-refractivity contribution >= 4 is 27.3 Å². The molecule has 0 amide bonds. The summed E-state index contributed by atoms with van der Waals surface area (Å²) in [7, 11) is 2.07. The summed E-state index contributed by atoms with van der Waals surface area (Å²) in [4.78, 5) is 2.19. The second-order valence-corrected chi connectivity index (χ2v) is 4.91. The monoisotopic (exact) mass is 290 g/mol. The van der Waals surface area contributed by atoms with Crippen LogP contribution in [0.4, 0.5) is 11.4 Å². The van der Waals surface area contributed by atoms with E-state index in [1.54, 1.807) is 0 Å². The largest absolute Gasteiger partial charge is 0.399 e. The van der Waals surface area contributed by atoms with E-state index in [1.807, 2.05) is 24.3 Å². The highest BCUT2D eigenvalue weighted by Gasteiger charge is 2.06. The van der Waals surface area contributed by atoms with Crippen molar-refractivity contribution in [2.24, 2.45) is 0 Å². The van der Waals surface area contributed by atoms with E-state index in [9.17, 15) is 0 Å². The highest BCUT2D eigenvalue weighted by Crippen LogP contribution is 2.28. The van der Waals surface area contributed by atoms with Gasteiger partial charge in [-0.2, -0.15) is 0 Å². The SMILES string of the molecule is CN(Cc1ccccc1)c1ccc(N)cc1Br. The number of nitrogens with two attached hydrogens (primary N) is 1. The van der Waals surface area contributed by atoms with Crippen LogP contribution in [0.3, 0.4) is 0 Å². The van der Waals surface area contributed by atoms with Gasteiger partial charge in [0.15, 0.2) is 0 Å². The summed E-state index contributed by atoms with van der Waals surface area (Å²) < 4.78 is 1.02. The molecule has 2 aromatic rings. The number of hydrogen-bond donors (Lipinski definition) is 1. The predicted molar refractivity (Wildman–Crippen MR) is 77.1 cm³/mol. The lowest BCUT2D eigenvalue weighted by Gasteiger charge is -2.21. The molecule has 0 aliphatic rings. The van der Waals surface area contributed by atoms with Crippen LogP contribution in [-0.4, -0.2) is 7.05 Å². The molecule has 0 aliphatic heterocycles. The molecule has 0 aromatic heterocycles. The molecule has 0 unspecified atom stereocenters. The molecule has 0 spiro atoms. The van der Waals surface area contributed by atoms with Gasteiger partial charge in [0, 0.05) is 23.8 Å². The molecule has 0 aliphatic carbocycles. The minimum atomic E-state index is 0.772. The van der Waals surface area contributed by atoms with Crippen molar-refractivity contribution in [2.45, 2.75) is 6.54 Å². The molecule has 0 atom stereocenters. The fraction of sp³-hybridized carbons (Fsp3) is 0.143. The Morgan fingerprint density at radius 3 is 2.47 bits per heavy atom. The van der Waals surface area contributed by atoms with Gasteiger partial charge in [-0.3, -0.25) is 0 Å². The number of halogens is 1. The molecular weight excluding hydrogens is 276 g/mol. The first-order valence-electron chi connectivity index (χ1n) is 5.47. The first-order valence-corrected chi connectivity index (χ1v) is 6.26. The van der Waals surface area contributed by atoms with Gasteiger partial charge in [0.2, 0.25) is 0 Å². The van der Waals surface area contributed by atoms with Crippen LogP contribution in [0, 0.1) is 0 Å². The van der Waals surface area contributed by atoms with Gasteiger partial charge in [0.1, 0.15) is 0 Å². The van der Waals surface area contributed by atoms with Crippen LogP contribution in [0.25, 0.3) is 0 Å². The van der Waals surface area contributed by atoms with Crippen LogP contribution in [0.2, 0.25) is 0 Å². The maximum atomic E-state index is 5.73. The highest BCUT2D eigenvalue weighted by molar-refractivity contribution is 9.10. The van der Waals surface area contributed by atoms with Crippen LogP contribution in [0.1, 0.15) is 5.56 Å². The molecule has 0 bridgehead atoms. The van der Waals surface area contributed by atoms with Gasteiger partial charge >= 0.3 is 0 Å². The van der Waals surface area contributed by atoms with E-state index in [4.69, 9.17) is 5.73 Å². The van der Waals surface area contributed by atoms with E-state index in [2.05, 4.69) is 52.1 Å². The smallest absolute Gasteiger partial charge is 0.0512 e. The summed E-state index contributed by atoms with van der Waals surface area (Å²) in [6.45, 7) is 0.878. The van der Waals surface area contributed by atoms with Crippen LogP contribution < -0.4 is 10.6 Å². The van der Waals surface area contributed by atoms with Crippen molar-refractivity contribution < 1.29 is 0 Å². The summed E-state index contributed by atoms with van der Waals surface area (Å²) in [5.41, 5.74) is 8.94. The summed E-state index contributed by atoms with van der Waals surface area (Å²) >= 11 is 3.54. The third-order valence-electron chi connectivity index (χ3n) is 2.65. The fourth-order valence-corrected chi connectivity index (χ4v) is 2.47. The Labute approximate surface area is 110 Å². The van der Waals surface area contributed by atoms with Crippen LogP contribution >= 0.6 is 15.9 Å². The predicted octanol–water partition coefficient (Wildman–Crippen LogP) is 3.67. The molecule has 17 heavy (non-hydrogen) atoms. The summed E-state index contributed by atoms with van der Waals surface area (Å²) in [6.07, 6.45) is 0. The van der Waals surface area contributed by atoms with Gasteiger partial charge in [-0.15, -0.1) is 0 Å². The zero-order valence-corrected chi connectivity index (χ0v) is 11.3. The molecule has 0 saturated carbocycles. The van der Waals surface area contributed by atoms with E-state index in [-0.39, 0.29) is 0 Å². The highest BCUT2D eigenvalue weighted by atomic mass is 79.9. The van der Waals surface area contributed by atoms with E-state index in [0.29, 0.717) is 0 Å².